The summed E-state index contributed by atoms with van der Waals surface area (Å²) in [6, 6.07) is 7.06. The van der Waals surface area contributed by atoms with Gasteiger partial charge in [-0.2, -0.15) is 0 Å². The van der Waals surface area contributed by atoms with Gasteiger partial charge in [0.25, 0.3) is 5.91 Å². The zero-order valence-electron chi connectivity index (χ0n) is 14.6. The Labute approximate surface area is 144 Å². The molecule has 1 amide bonds. The summed E-state index contributed by atoms with van der Waals surface area (Å²) in [5, 5.41) is 12.5. The molecule has 1 fully saturated rings. The van der Waals surface area contributed by atoms with Crippen molar-refractivity contribution in [1.29, 1.82) is 0 Å². The molecule has 1 atom stereocenters. The molecule has 1 aromatic carbocycles. The van der Waals surface area contributed by atoms with Crippen molar-refractivity contribution in [2.24, 2.45) is 0 Å². The molecule has 1 aliphatic heterocycles. The van der Waals surface area contributed by atoms with Gasteiger partial charge in [-0.1, -0.05) is 11.8 Å². The van der Waals surface area contributed by atoms with Crippen LogP contribution in [0.25, 0.3) is 0 Å². The van der Waals surface area contributed by atoms with Gasteiger partial charge >= 0.3 is 0 Å². The largest absolute Gasteiger partial charge is 0.378 e. The van der Waals surface area contributed by atoms with E-state index in [1.165, 1.54) is 0 Å². The van der Waals surface area contributed by atoms with Crippen LogP contribution in [0.5, 0.6) is 0 Å². The van der Waals surface area contributed by atoms with E-state index in [1.54, 1.807) is 38.1 Å². The van der Waals surface area contributed by atoms with Crippen molar-refractivity contribution in [2.75, 3.05) is 33.3 Å². The molecule has 1 aliphatic rings. The molecule has 0 radical (unpaired) electrons. The van der Waals surface area contributed by atoms with Crippen LogP contribution in [0, 0.1) is 11.8 Å². The van der Waals surface area contributed by atoms with Crippen LogP contribution in [0.4, 0.5) is 0 Å². The summed E-state index contributed by atoms with van der Waals surface area (Å²) < 4.78 is 5.68. The molecule has 0 saturated carbocycles. The summed E-state index contributed by atoms with van der Waals surface area (Å²) in [4.78, 5) is 14.4. The van der Waals surface area contributed by atoms with Crippen LogP contribution in [-0.2, 0) is 4.74 Å². The Morgan fingerprint density at radius 3 is 2.75 bits per heavy atom. The zero-order valence-corrected chi connectivity index (χ0v) is 14.6. The third-order valence-corrected chi connectivity index (χ3v) is 3.75. The van der Waals surface area contributed by atoms with E-state index < -0.39 is 5.60 Å². The Bertz CT molecular complexity index is 608. The van der Waals surface area contributed by atoms with Crippen molar-refractivity contribution in [1.82, 2.24) is 10.2 Å². The van der Waals surface area contributed by atoms with Gasteiger partial charge in [0.05, 0.1) is 12.7 Å². The number of hydrogen-bond acceptors (Lipinski definition) is 4. The van der Waals surface area contributed by atoms with Crippen LogP contribution in [-0.4, -0.2) is 60.9 Å². The van der Waals surface area contributed by atoms with Crippen LogP contribution in [0.1, 0.15) is 36.2 Å². The van der Waals surface area contributed by atoms with Crippen molar-refractivity contribution in [3.05, 3.63) is 35.4 Å². The van der Waals surface area contributed by atoms with Crippen LogP contribution in [0.2, 0.25) is 0 Å². The molecular weight excluding hydrogens is 304 g/mol. The molecule has 0 bridgehead atoms. The number of nitrogens with zero attached hydrogens (tertiary/aromatic N) is 1. The van der Waals surface area contributed by atoms with Gasteiger partial charge in [-0.15, -0.1) is 0 Å². The Morgan fingerprint density at radius 2 is 2.12 bits per heavy atom. The minimum atomic E-state index is -1.02. The number of rotatable bonds is 4. The van der Waals surface area contributed by atoms with Gasteiger partial charge in [-0.25, -0.2) is 0 Å². The molecule has 2 N–H and O–H groups in total. The molecule has 0 spiro atoms. The maximum atomic E-state index is 12.1. The van der Waals surface area contributed by atoms with Gasteiger partial charge < -0.3 is 20.1 Å². The molecule has 1 aromatic rings. The average Bonchev–Trinajstić information content (AvgIpc) is 2.53. The molecule has 5 heteroatoms. The first-order valence-corrected chi connectivity index (χ1v) is 8.27. The molecule has 0 aliphatic carbocycles. The third-order valence-electron chi connectivity index (χ3n) is 3.75. The highest BCUT2D eigenvalue weighted by atomic mass is 16.5. The van der Waals surface area contributed by atoms with E-state index in [2.05, 4.69) is 29.1 Å². The van der Waals surface area contributed by atoms with Crippen molar-refractivity contribution < 1.29 is 14.6 Å². The molecule has 0 unspecified atom stereocenters. The normalized spacial score (nSPS) is 18.6. The first-order valence-electron chi connectivity index (χ1n) is 8.27. The molecule has 5 nitrogen and oxygen atoms in total. The van der Waals surface area contributed by atoms with Crippen LogP contribution < -0.4 is 5.32 Å². The van der Waals surface area contributed by atoms with Crippen LogP contribution >= 0.6 is 0 Å². The fraction of sp³-hybridized carbons (Fsp3) is 0.526. The van der Waals surface area contributed by atoms with E-state index in [9.17, 15) is 9.90 Å². The van der Waals surface area contributed by atoms with Gasteiger partial charge in [-0.05, 0) is 51.6 Å². The number of morpholine rings is 1. The van der Waals surface area contributed by atoms with Gasteiger partial charge in [-0.3, -0.25) is 4.79 Å². The Balaban J connectivity index is 1.81. The van der Waals surface area contributed by atoms with Crippen molar-refractivity contribution >= 4 is 5.91 Å². The number of carbonyl (C=O) groups is 1. The van der Waals surface area contributed by atoms with E-state index in [4.69, 9.17) is 4.74 Å². The summed E-state index contributed by atoms with van der Waals surface area (Å²) in [5.74, 6) is 5.54. The summed E-state index contributed by atoms with van der Waals surface area (Å²) in [6.45, 7) is 6.49. The lowest BCUT2D eigenvalue weighted by Gasteiger charge is -2.30. The Morgan fingerprint density at radius 1 is 1.42 bits per heavy atom. The number of carbonyl (C=O) groups excluding carboxylic acids is 1. The van der Waals surface area contributed by atoms with Gasteiger partial charge in [0, 0.05) is 30.8 Å². The lowest BCUT2D eigenvalue weighted by atomic mass is 10.1. The second-order valence-electron chi connectivity index (χ2n) is 6.69. The maximum absolute atomic E-state index is 12.1. The average molecular weight is 330 g/mol. The smallest absolute Gasteiger partial charge is 0.251 e. The zero-order chi connectivity index (χ0) is 17.6. The quantitative estimate of drug-likeness (QED) is 0.816. The summed E-state index contributed by atoms with van der Waals surface area (Å²) in [5.41, 5.74) is 0.350. The molecule has 130 valence electrons. The van der Waals surface area contributed by atoms with Crippen LogP contribution in [0.15, 0.2) is 24.3 Å². The fourth-order valence-corrected chi connectivity index (χ4v) is 2.42. The molecule has 1 heterocycles. The third kappa shape index (κ3) is 6.32. The second kappa shape index (κ2) is 8.29. The summed E-state index contributed by atoms with van der Waals surface area (Å²) >= 11 is 0. The molecule has 24 heavy (non-hydrogen) atoms. The predicted molar refractivity (Wildman–Crippen MR) is 93.8 cm³/mol. The number of nitrogens with one attached hydrogen (secondary N) is 1. The molecule has 2 rings (SSSR count). The first kappa shape index (κ1) is 18.5. The lowest BCUT2D eigenvalue weighted by molar-refractivity contribution is -0.0226. The van der Waals surface area contributed by atoms with Crippen LogP contribution in [0.3, 0.4) is 0 Å². The maximum Gasteiger partial charge on any atom is 0.251 e. The summed E-state index contributed by atoms with van der Waals surface area (Å²) in [7, 11) is 2.08. The lowest BCUT2D eigenvalue weighted by Crippen LogP contribution is -2.41. The monoisotopic (exact) mass is 330 g/mol. The number of amides is 1. The van der Waals surface area contributed by atoms with Crippen molar-refractivity contribution in [3.8, 4) is 11.8 Å². The number of likely N-dealkylation sites (N-methyl/N-ethyl adjacent to an activating group) is 1. The highest BCUT2D eigenvalue weighted by molar-refractivity contribution is 5.94. The SMILES string of the molecule is CN1CCO[C@@H](CCNC(=O)c2ccc(C#CC(C)(C)O)cc2)C1. The van der Waals surface area contributed by atoms with Crippen molar-refractivity contribution in [2.45, 2.75) is 32.0 Å². The number of hydrogen-bond donors (Lipinski definition) is 2. The first-order chi connectivity index (χ1) is 11.3. The number of aliphatic hydroxyl groups is 1. The Kier molecular flexibility index (Phi) is 6.38. The second-order valence-corrected chi connectivity index (χ2v) is 6.69. The highest BCUT2D eigenvalue weighted by Crippen LogP contribution is 2.07. The van der Waals surface area contributed by atoms with E-state index in [0.717, 1.165) is 31.7 Å². The van der Waals surface area contributed by atoms with E-state index in [-0.39, 0.29) is 12.0 Å². The highest BCUT2D eigenvalue weighted by Gasteiger charge is 2.17. The van der Waals surface area contributed by atoms with Gasteiger partial charge in [0.2, 0.25) is 0 Å². The standard InChI is InChI=1S/C19H26N2O3/c1-19(2,23)10-8-15-4-6-16(7-5-15)18(22)20-11-9-17-14-21(3)12-13-24-17/h4-7,17,23H,9,11-14H2,1-3H3,(H,20,22)/t17-/m0/s1. The fourth-order valence-electron chi connectivity index (χ4n) is 2.42. The minimum Gasteiger partial charge on any atom is -0.378 e. The van der Waals surface area contributed by atoms with E-state index in [0.29, 0.717) is 12.1 Å². The van der Waals surface area contributed by atoms with E-state index in [1.807, 2.05) is 0 Å². The summed E-state index contributed by atoms with van der Waals surface area (Å²) in [6.07, 6.45) is 0.995. The van der Waals surface area contributed by atoms with Gasteiger partial charge in [0.15, 0.2) is 0 Å². The number of ether oxygens (including phenoxy) is 1. The topological polar surface area (TPSA) is 61.8 Å². The predicted octanol–water partition coefficient (Wildman–Crippen LogP) is 1.26. The number of benzene rings is 1. The van der Waals surface area contributed by atoms with Gasteiger partial charge in [0.1, 0.15) is 5.60 Å². The molecular formula is C19H26N2O3. The molecule has 1 saturated heterocycles. The van der Waals surface area contributed by atoms with E-state index >= 15 is 0 Å². The van der Waals surface area contributed by atoms with Crippen molar-refractivity contribution in [3.63, 3.8) is 0 Å². The molecule has 0 aromatic heterocycles. The Hall–Kier alpha value is -1.87. The minimum absolute atomic E-state index is 0.0961.